The molecule has 0 amide bonds. The quantitative estimate of drug-likeness (QED) is 0.537. The van der Waals surface area contributed by atoms with Crippen LogP contribution in [0.2, 0.25) is 0 Å². The lowest BCUT2D eigenvalue weighted by Crippen LogP contribution is -2.41. The summed E-state index contributed by atoms with van der Waals surface area (Å²) in [5.41, 5.74) is 0.246. The fraction of sp³-hybridized carbons (Fsp3) is 0.500. The first-order valence-electron chi connectivity index (χ1n) is 6.74. The van der Waals surface area contributed by atoms with Crippen molar-refractivity contribution in [3.8, 4) is 5.75 Å². The first-order valence-corrected chi connectivity index (χ1v) is 8.27. The number of esters is 1. The Bertz CT molecular complexity index is 545. The lowest BCUT2D eigenvalue weighted by molar-refractivity contribution is -0.157. The molecule has 0 bridgehead atoms. The minimum atomic E-state index is -4.56. The Morgan fingerprint density at radius 1 is 1.27 bits per heavy atom. The summed E-state index contributed by atoms with van der Waals surface area (Å²) < 4.78 is 20.5. The van der Waals surface area contributed by atoms with Gasteiger partial charge >= 0.3 is 13.8 Å². The Morgan fingerprint density at radius 2 is 1.82 bits per heavy atom. The van der Waals surface area contributed by atoms with Gasteiger partial charge in [-0.3, -0.25) is 14.6 Å². The third kappa shape index (κ3) is 7.04. The molecular formula is C14H22NO6P. The van der Waals surface area contributed by atoms with Gasteiger partial charge in [-0.15, -0.1) is 0 Å². The van der Waals surface area contributed by atoms with Crippen molar-refractivity contribution in [2.75, 3.05) is 7.05 Å². The van der Waals surface area contributed by atoms with E-state index in [9.17, 15) is 9.36 Å². The summed E-state index contributed by atoms with van der Waals surface area (Å²) in [4.78, 5) is 29.5. The average Bonchev–Trinajstić information content (AvgIpc) is 2.33. The molecule has 1 rings (SSSR count). The summed E-state index contributed by atoms with van der Waals surface area (Å²) in [6.07, 6.45) is 0.390. The van der Waals surface area contributed by atoms with Crippen LogP contribution in [0.5, 0.6) is 5.75 Å². The van der Waals surface area contributed by atoms with Crippen LogP contribution in [0.1, 0.15) is 26.3 Å². The first kappa shape index (κ1) is 18.6. The van der Waals surface area contributed by atoms with Gasteiger partial charge in [0.15, 0.2) is 0 Å². The molecule has 0 saturated heterocycles. The minimum absolute atomic E-state index is 0.0651. The molecule has 1 atom stereocenters. The lowest BCUT2D eigenvalue weighted by atomic mass is 10.1. The molecule has 124 valence electrons. The second-order valence-corrected chi connectivity index (χ2v) is 6.97. The molecule has 3 N–H and O–H groups in total. The van der Waals surface area contributed by atoms with E-state index >= 15 is 0 Å². The third-order valence-electron chi connectivity index (χ3n) is 2.63. The summed E-state index contributed by atoms with van der Waals surface area (Å²) in [7, 11) is -2.90. The number of carbonyl (C=O) groups excluding carboxylic acids is 1. The molecule has 0 heterocycles. The fourth-order valence-corrected chi connectivity index (χ4v) is 2.13. The number of hydrogen-bond donors (Lipinski definition) is 3. The topological polar surface area (TPSA) is 105 Å². The van der Waals surface area contributed by atoms with E-state index in [-0.39, 0.29) is 11.7 Å². The van der Waals surface area contributed by atoms with Gasteiger partial charge in [0.2, 0.25) is 0 Å². The maximum atomic E-state index is 12.0. The number of nitrogens with one attached hydrogen (secondary N) is 1. The first-order chi connectivity index (χ1) is 10.00. The highest BCUT2D eigenvalue weighted by atomic mass is 31.2. The van der Waals surface area contributed by atoms with E-state index in [0.29, 0.717) is 6.42 Å². The van der Waals surface area contributed by atoms with Crippen molar-refractivity contribution < 1.29 is 28.4 Å². The van der Waals surface area contributed by atoms with E-state index < -0.39 is 19.5 Å². The van der Waals surface area contributed by atoms with Crippen LogP contribution < -0.4 is 9.84 Å². The van der Waals surface area contributed by atoms with Gasteiger partial charge in [-0.2, -0.15) is 0 Å². The Kier molecular flexibility index (Phi) is 6.14. The summed E-state index contributed by atoms with van der Waals surface area (Å²) in [6.45, 7) is 5.39. The highest BCUT2D eigenvalue weighted by Crippen LogP contribution is 2.37. The number of carbonyl (C=O) groups is 1. The van der Waals surface area contributed by atoms with Crippen LogP contribution in [0.3, 0.4) is 0 Å². The lowest BCUT2D eigenvalue weighted by Gasteiger charge is -2.23. The van der Waals surface area contributed by atoms with Gasteiger partial charge in [-0.25, -0.2) is 4.57 Å². The number of hydrogen-bond acceptors (Lipinski definition) is 5. The largest absolute Gasteiger partial charge is 0.524 e. The van der Waals surface area contributed by atoms with E-state index in [0.717, 1.165) is 5.56 Å². The number of rotatable bonds is 6. The van der Waals surface area contributed by atoms with Crippen LogP contribution in [-0.2, 0) is 20.5 Å². The van der Waals surface area contributed by atoms with Gasteiger partial charge in [0, 0.05) is 0 Å². The van der Waals surface area contributed by atoms with Gasteiger partial charge in [0.1, 0.15) is 17.4 Å². The van der Waals surface area contributed by atoms with Crippen molar-refractivity contribution in [2.24, 2.45) is 0 Å². The van der Waals surface area contributed by atoms with Crippen molar-refractivity contribution in [2.45, 2.75) is 38.8 Å². The molecule has 8 heteroatoms. The molecule has 0 spiro atoms. The van der Waals surface area contributed by atoms with Crippen molar-refractivity contribution in [1.29, 1.82) is 0 Å². The van der Waals surface area contributed by atoms with E-state index in [2.05, 4.69) is 9.84 Å². The zero-order valence-corrected chi connectivity index (χ0v) is 14.0. The Balaban J connectivity index is 2.72. The number of benzene rings is 1. The summed E-state index contributed by atoms with van der Waals surface area (Å²) >= 11 is 0. The van der Waals surface area contributed by atoms with Crippen LogP contribution >= 0.6 is 7.82 Å². The molecule has 0 radical (unpaired) electrons. The summed E-state index contributed by atoms with van der Waals surface area (Å²) in [5.74, 6) is -0.291. The van der Waals surface area contributed by atoms with Crippen LogP contribution in [0, 0.1) is 0 Å². The van der Waals surface area contributed by atoms with E-state index in [1.54, 1.807) is 40.0 Å². The van der Waals surface area contributed by atoms with Crippen molar-refractivity contribution in [1.82, 2.24) is 5.32 Å². The van der Waals surface area contributed by atoms with Gasteiger partial charge < -0.3 is 14.6 Å². The van der Waals surface area contributed by atoms with Crippen molar-refractivity contribution in [3.05, 3.63) is 29.8 Å². The molecular weight excluding hydrogens is 309 g/mol. The molecule has 22 heavy (non-hydrogen) atoms. The average molecular weight is 331 g/mol. The Labute approximate surface area is 129 Å². The number of phosphoric acid groups is 1. The zero-order valence-electron chi connectivity index (χ0n) is 13.1. The zero-order chi connectivity index (χ0) is 17.0. The van der Waals surface area contributed by atoms with E-state index in [1.807, 2.05) is 0 Å². The monoisotopic (exact) mass is 331 g/mol. The highest BCUT2D eigenvalue weighted by molar-refractivity contribution is 7.46. The molecule has 0 saturated carbocycles. The van der Waals surface area contributed by atoms with Crippen LogP contribution in [0.4, 0.5) is 0 Å². The molecule has 7 nitrogen and oxygen atoms in total. The normalized spacial score (nSPS) is 13.5. The molecule has 0 fully saturated rings. The van der Waals surface area contributed by atoms with Crippen LogP contribution in [0.15, 0.2) is 24.3 Å². The Morgan fingerprint density at radius 3 is 2.23 bits per heavy atom. The second-order valence-electron chi connectivity index (χ2n) is 5.80. The third-order valence-corrected chi connectivity index (χ3v) is 3.08. The standard InChI is InChI=1S/C14H22NO6P/c1-14(2,3)20-13(16)12(15-4)9-10-5-7-11(8-6-10)21-22(17,18)19/h5-8,12,15H,9H2,1-4H3,(H2,17,18,19). The molecule has 0 aromatic heterocycles. The maximum Gasteiger partial charge on any atom is 0.524 e. The molecule has 1 aromatic rings. The molecule has 1 aromatic carbocycles. The highest BCUT2D eigenvalue weighted by Gasteiger charge is 2.24. The molecule has 1 unspecified atom stereocenters. The minimum Gasteiger partial charge on any atom is -0.459 e. The smallest absolute Gasteiger partial charge is 0.459 e. The van der Waals surface area contributed by atoms with Crippen molar-refractivity contribution in [3.63, 3.8) is 0 Å². The number of phosphoric ester groups is 1. The van der Waals surface area contributed by atoms with Crippen LogP contribution in [-0.4, -0.2) is 34.4 Å². The number of ether oxygens (including phenoxy) is 1. The predicted molar refractivity (Wildman–Crippen MR) is 81.5 cm³/mol. The van der Waals surface area contributed by atoms with Crippen LogP contribution in [0.25, 0.3) is 0 Å². The Hall–Kier alpha value is -1.40. The molecule has 0 aliphatic carbocycles. The second kappa shape index (κ2) is 7.24. The molecule has 0 aliphatic heterocycles. The fourth-order valence-electron chi connectivity index (χ4n) is 1.74. The predicted octanol–water partition coefficient (Wildman–Crippen LogP) is 1.63. The summed E-state index contributed by atoms with van der Waals surface area (Å²) in [5, 5.41) is 2.90. The van der Waals surface area contributed by atoms with E-state index in [4.69, 9.17) is 14.5 Å². The van der Waals surface area contributed by atoms with E-state index in [1.165, 1.54) is 12.1 Å². The van der Waals surface area contributed by atoms with Gasteiger partial charge in [-0.05, 0) is 51.9 Å². The molecule has 0 aliphatic rings. The SMILES string of the molecule is CNC(Cc1ccc(OP(=O)(O)O)cc1)C(=O)OC(C)(C)C. The van der Waals surface area contributed by atoms with Gasteiger partial charge in [-0.1, -0.05) is 12.1 Å². The van der Waals surface area contributed by atoms with Gasteiger partial charge in [0.25, 0.3) is 0 Å². The summed E-state index contributed by atoms with van der Waals surface area (Å²) in [6, 6.07) is 5.65. The van der Waals surface area contributed by atoms with Gasteiger partial charge in [0.05, 0.1) is 0 Å². The van der Waals surface area contributed by atoms with Crippen molar-refractivity contribution >= 4 is 13.8 Å². The number of likely N-dealkylation sites (N-methyl/N-ethyl adjacent to an activating group) is 1. The maximum absolute atomic E-state index is 12.0.